The highest BCUT2D eigenvalue weighted by Gasteiger charge is 2.18. The van der Waals surface area contributed by atoms with Crippen molar-refractivity contribution in [2.24, 2.45) is 0 Å². The van der Waals surface area contributed by atoms with Crippen molar-refractivity contribution in [2.45, 2.75) is 116 Å². The van der Waals surface area contributed by atoms with Gasteiger partial charge in [0.2, 0.25) is 5.95 Å². The number of hydrogen-bond donors (Lipinski definition) is 3. The maximum absolute atomic E-state index is 12.2. The lowest BCUT2D eigenvalue weighted by Crippen LogP contribution is -2.13. The van der Waals surface area contributed by atoms with E-state index in [-0.39, 0.29) is 37.6 Å². The van der Waals surface area contributed by atoms with Gasteiger partial charge in [0.15, 0.2) is 11.2 Å². The highest BCUT2D eigenvalue weighted by Crippen LogP contribution is 2.42. The average molecular weight is 586 g/mol. The minimum absolute atomic E-state index is 0.00201. The van der Waals surface area contributed by atoms with Crippen LogP contribution in [0.3, 0.4) is 0 Å². The quantitative estimate of drug-likeness (QED) is 0.0870. The molecule has 0 amide bonds. The van der Waals surface area contributed by atoms with Gasteiger partial charge in [0.25, 0.3) is 5.56 Å². The molecule has 0 spiro atoms. The first-order valence-electron chi connectivity index (χ1n) is 15.3. The van der Waals surface area contributed by atoms with Crippen molar-refractivity contribution in [3.63, 3.8) is 0 Å². The monoisotopic (exact) mass is 585 g/mol. The van der Waals surface area contributed by atoms with Crippen LogP contribution >= 0.6 is 7.60 Å². The van der Waals surface area contributed by atoms with E-state index in [4.69, 9.17) is 19.7 Å². The van der Waals surface area contributed by atoms with Gasteiger partial charge < -0.3 is 24.6 Å². The number of fused-ring (bicyclic) bond motifs is 1. The molecule has 0 fully saturated rings. The number of nitrogens with one attached hydrogen (secondary N) is 1. The Kier molecular flexibility index (Phi) is 18.1. The first-order valence-corrected chi connectivity index (χ1v) is 17.0. The Bertz CT molecular complexity index is 1030. The molecule has 2 heterocycles. The molecule has 12 heteroatoms. The molecule has 0 aliphatic carbocycles. The van der Waals surface area contributed by atoms with E-state index >= 15 is 0 Å². The molecule has 230 valence electrons. The normalized spacial score (nSPS) is 13.2. The molecule has 0 radical (unpaired) electrons. The number of hydrogen-bond acceptors (Lipinski definition) is 8. The van der Waals surface area contributed by atoms with Crippen LogP contribution in [0.1, 0.15) is 110 Å². The molecule has 0 saturated heterocycles. The van der Waals surface area contributed by atoms with Crippen LogP contribution < -0.4 is 11.3 Å². The third-order valence-electron chi connectivity index (χ3n) is 6.82. The Labute approximate surface area is 239 Å². The van der Waals surface area contributed by atoms with Crippen molar-refractivity contribution < 1.29 is 23.5 Å². The summed E-state index contributed by atoms with van der Waals surface area (Å²) in [6.07, 6.45) is 21.1. The molecule has 0 bridgehead atoms. The summed E-state index contributed by atoms with van der Waals surface area (Å²) in [4.78, 5) is 32.3. The van der Waals surface area contributed by atoms with Crippen molar-refractivity contribution in [1.82, 2.24) is 19.5 Å². The topological polar surface area (TPSA) is 155 Å². The molecular weight excluding hydrogens is 533 g/mol. The van der Waals surface area contributed by atoms with E-state index in [1.165, 1.54) is 89.8 Å². The number of nitrogen functional groups attached to an aromatic ring is 1. The second-order valence-corrected chi connectivity index (χ2v) is 12.5. The van der Waals surface area contributed by atoms with E-state index in [9.17, 15) is 14.3 Å². The number of nitrogens with zero attached hydrogens (tertiary/aromatic N) is 3. The molecule has 0 aliphatic heterocycles. The fourth-order valence-corrected chi connectivity index (χ4v) is 5.60. The standard InChI is InChI=1S/C28H52N5O6P/c1-2-3-4-5-6-7-8-9-10-11-12-13-14-15-18-37-19-16-21-39-40(35,36)22-17-20-38-24-33-23-30-25-26(33)31-28(29)32-27(25)34/h23H,2-22,24H2,1H3,(H,35,36)(H3,29,31,32,34). The Morgan fingerprint density at radius 3 is 2.08 bits per heavy atom. The summed E-state index contributed by atoms with van der Waals surface area (Å²) in [5.41, 5.74) is 5.66. The number of aromatic amines is 1. The van der Waals surface area contributed by atoms with E-state index in [0.29, 0.717) is 25.1 Å². The van der Waals surface area contributed by atoms with Gasteiger partial charge >= 0.3 is 7.60 Å². The van der Waals surface area contributed by atoms with Crippen molar-refractivity contribution in [3.05, 3.63) is 16.7 Å². The third-order valence-corrected chi connectivity index (χ3v) is 8.29. The molecule has 0 aromatic carbocycles. The highest BCUT2D eigenvalue weighted by atomic mass is 31.2. The zero-order chi connectivity index (χ0) is 28.9. The zero-order valence-corrected chi connectivity index (χ0v) is 25.4. The summed E-state index contributed by atoms with van der Waals surface area (Å²) >= 11 is 0. The van der Waals surface area contributed by atoms with Gasteiger partial charge in [-0.3, -0.25) is 18.9 Å². The van der Waals surface area contributed by atoms with Gasteiger partial charge in [0.1, 0.15) is 6.73 Å². The summed E-state index contributed by atoms with van der Waals surface area (Å²) in [6.45, 7) is 4.06. The summed E-state index contributed by atoms with van der Waals surface area (Å²) in [7, 11) is -3.67. The van der Waals surface area contributed by atoms with Gasteiger partial charge in [-0.1, -0.05) is 90.4 Å². The molecular formula is C28H52N5O6P. The predicted molar refractivity (Wildman–Crippen MR) is 160 cm³/mol. The number of nitrogens with two attached hydrogens (primary N) is 1. The molecule has 4 N–H and O–H groups in total. The van der Waals surface area contributed by atoms with Crippen molar-refractivity contribution in [1.29, 1.82) is 0 Å². The maximum Gasteiger partial charge on any atom is 0.328 e. The summed E-state index contributed by atoms with van der Waals surface area (Å²) in [6, 6.07) is 0. The molecule has 1 atom stereocenters. The van der Waals surface area contributed by atoms with Crippen LogP contribution in [0.4, 0.5) is 5.95 Å². The minimum Gasteiger partial charge on any atom is -0.381 e. The summed E-state index contributed by atoms with van der Waals surface area (Å²) < 4.78 is 30.1. The number of rotatable bonds is 26. The van der Waals surface area contributed by atoms with Gasteiger partial charge in [-0.15, -0.1) is 0 Å². The van der Waals surface area contributed by atoms with Crippen molar-refractivity contribution >= 4 is 24.7 Å². The average Bonchev–Trinajstić information content (AvgIpc) is 3.32. The second-order valence-electron chi connectivity index (χ2n) is 10.5. The van der Waals surface area contributed by atoms with Gasteiger partial charge in [-0.2, -0.15) is 4.98 Å². The number of unbranched alkanes of at least 4 members (excludes halogenated alkanes) is 13. The van der Waals surface area contributed by atoms with Gasteiger partial charge in [0.05, 0.1) is 19.1 Å². The molecule has 0 saturated carbocycles. The smallest absolute Gasteiger partial charge is 0.328 e. The molecule has 40 heavy (non-hydrogen) atoms. The molecule has 2 rings (SSSR count). The molecule has 11 nitrogen and oxygen atoms in total. The summed E-state index contributed by atoms with van der Waals surface area (Å²) in [5, 5.41) is 0. The summed E-state index contributed by atoms with van der Waals surface area (Å²) in [5.74, 6) is -0.00201. The number of aromatic nitrogens is 4. The molecule has 0 aliphatic rings. The van der Waals surface area contributed by atoms with Crippen molar-refractivity contribution in [2.75, 3.05) is 38.3 Å². The molecule has 2 aromatic rings. The van der Waals surface area contributed by atoms with E-state index in [1.807, 2.05) is 0 Å². The SMILES string of the molecule is CCCCCCCCCCCCCCCCOCCCOP(=O)(O)CCCOCn1cnc2c(=O)[nH]c(N)nc21. The van der Waals surface area contributed by atoms with E-state index < -0.39 is 13.2 Å². The number of H-pyrrole nitrogens is 1. The Balaban J connectivity index is 1.35. The first-order chi connectivity index (χ1) is 19.4. The number of anilines is 1. The lowest BCUT2D eigenvalue weighted by molar-refractivity contribution is 0.0788. The predicted octanol–water partition coefficient (Wildman–Crippen LogP) is 6.16. The Morgan fingerprint density at radius 2 is 1.43 bits per heavy atom. The van der Waals surface area contributed by atoms with E-state index in [2.05, 4.69) is 21.9 Å². The Morgan fingerprint density at radius 1 is 0.850 bits per heavy atom. The van der Waals surface area contributed by atoms with Gasteiger partial charge in [0, 0.05) is 19.8 Å². The van der Waals surface area contributed by atoms with E-state index in [0.717, 1.165) is 13.0 Å². The maximum atomic E-state index is 12.2. The fourth-order valence-electron chi connectivity index (χ4n) is 4.53. The van der Waals surface area contributed by atoms with E-state index in [1.54, 1.807) is 4.57 Å². The molecule has 2 aromatic heterocycles. The lowest BCUT2D eigenvalue weighted by Gasteiger charge is -2.12. The second kappa shape index (κ2) is 21.0. The van der Waals surface area contributed by atoms with Crippen molar-refractivity contribution in [3.8, 4) is 0 Å². The number of imidazole rings is 1. The highest BCUT2D eigenvalue weighted by molar-refractivity contribution is 7.52. The van der Waals surface area contributed by atoms with Crippen LogP contribution in [0, 0.1) is 0 Å². The van der Waals surface area contributed by atoms with Crippen LogP contribution in [0.25, 0.3) is 11.2 Å². The largest absolute Gasteiger partial charge is 0.381 e. The fraction of sp³-hybridized carbons (Fsp3) is 0.821. The third kappa shape index (κ3) is 15.3. The lowest BCUT2D eigenvalue weighted by atomic mass is 10.0. The van der Waals surface area contributed by atoms with Crippen LogP contribution in [-0.4, -0.2) is 57.0 Å². The minimum atomic E-state index is -3.67. The van der Waals surface area contributed by atoms with Crippen LogP contribution in [0.5, 0.6) is 0 Å². The Hall–Kier alpha value is -1.78. The first kappa shape index (κ1) is 34.4. The van der Waals surface area contributed by atoms with Crippen LogP contribution in [0.2, 0.25) is 0 Å². The molecule has 1 unspecified atom stereocenters. The van der Waals surface area contributed by atoms with Crippen LogP contribution in [-0.2, 0) is 25.3 Å². The number of ether oxygens (including phenoxy) is 2. The zero-order valence-electron chi connectivity index (χ0n) is 24.5. The van der Waals surface area contributed by atoms with Crippen LogP contribution in [0.15, 0.2) is 11.1 Å². The van der Waals surface area contributed by atoms with Gasteiger partial charge in [-0.05, 0) is 19.3 Å². The van der Waals surface area contributed by atoms with Gasteiger partial charge in [-0.25, -0.2) is 4.98 Å².